The van der Waals surface area contributed by atoms with Crippen molar-refractivity contribution in [1.82, 2.24) is 10.6 Å². The molecule has 0 rings (SSSR count). The van der Waals surface area contributed by atoms with Crippen LogP contribution >= 0.6 is 0 Å². The van der Waals surface area contributed by atoms with E-state index in [1.165, 1.54) is 0 Å². The molecule has 2 N–H and O–H groups in total. The third kappa shape index (κ3) is 7.65. The molecule has 0 spiro atoms. The average molecular weight is 230 g/mol. The Bertz CT molecular complexity index is 200. The van der Waals surface area contributed by atoms with E-state index >= 15 is 0 Å². The van der Waals surface area contributed by atoms with E-state index in [2.05, 4.69) is 17.6 Å². The van der Waals surface area contributed by atoms with Crippen molar-refractivity contribution in [2.45, 2.75) is 40.7 Å². The Morgan fingerprint density at radius 2 is 1.94 bits per heavy atom. The summed E-state index contributed by atoms with van der Waals surface area (Å²) in [5, 5.41) is 6.18. The molecule has 4 heteroatoms. The summed E-state index contributed by atoms with van der Waals surface area (Å²) < 4.78 is 5.28. The molecule has 0 radical (unpaired) electrons. The van der Waals surface area contributed by atoms with Crippen molar-refractivity contribution in [3.05, 3.63) is 0 Å². The van der Waals surface area contributed by atoms with Crippen LogP contribution in [0.1, 0.15) is 34.6 Å². The minimum absolute atomic E-state index is 0.0896. The van der Waals surface area contributed by atoms with Gasteiger partial charge in [-0.05, 0) is 13.8 Å². The van der Waals surface area contributed by atoms with E-state index in [1.807, 2.05) is 27.7 Å². The highest BCUT2D eigenvalue weighted by Crippen LogP contribution is 2.11. The molecule has 0 heterocycles. The van der Waals surface area contributed by atoms with Gasteiger partial charge in [0.05, 0.1) is 6.61 Å². The van der Waals surface area contributed by atoms with Crippen LogP contribution < -0.4 is 10.6 Å². The van der Waals surface area contributed by atoms with Crippen LogP contribution in [0.5, 0.6) is 0 Å². The summed E-state index contributed by atoms with van der Waals surface area (Å²) in [4.78, 5) is 11.5. The quantitative estimate of drug-likeness (QED) is 0.645. The van der Waals surface area contributed by atoms with Gasteiger partial charge in [-0.2, -0.15) is 0 Å². The molecule has 0 saturated heterocycles. The lowest BCUT2D eigenvalue weighted by Gasteiger charge is -2.18. The zero-order valence-electron chi connectivity index (χ0n) is 11.2. The van der Waals surface area contributed by atoms with Gasteiger partial charge in [0.1, 0.15) is 0 Å². The lowest BCUT2D eigenvalue weighted by atomic mass is 9.96. The molecular weight excluding hydrogens is 204 g/mol. The predicted molar refractivity (Wildman–Crippen MR) is 66.4 cm³/mol. The fourth-order valence-corrected chi connectivity index (χ4v) is 1.11. The maximum Gasteiger partial charge on any atom is 0.225 e. The molecule has 0 aromatic heterocycles. The molecule has 0 bridgehead atoms. The summed E-state index contributed by atoms with van der Waals surface area (Å²) >= 11 is 0. The first-order valence-electron chi connectivity index (χ1n) is 5.97. The van der Waals surface area contributed by atoms with Crippen LogP contribution in [0.3, 0.4) is 0 Å². The molecule has 0 aliphatic heterocycles. The van der Waals surface area contributed by atoms with E-state index in [0.717, 1.165) is 13.2 Å². The summed E-state index contributed by atoms with van der Waals surface area (Å²) in [6.07, 6.45) is 0. The van der Waals surface area contributed by atoms with Crippen molar-refractivity contribution in [3.8, 4) is 0 Å². The molecule has 0 aliphatic rings. The number of ether oxygens (including phenoxy) is 1. The van der Waals surface area contributed by atoms with Gasteiger partial charge >= 0.3 is 0 Å². The highest BCUT2D eigenvalue weighted by molar-refractivity contribution is 5.81. The molecular formula is C12H26N2O2. The molecule has 1 unspecified atom stereocenters. The fourth-order valence-electron chi connectivity index (χ4n) is 1.11. The molecule has 0 aliphatic carbocycles. The Hall–Kier alpha value is -0.610. The SMILES string of the molecule is CCOCC(C)NCCNC(=O)C(C)(C)C. The van der Waals surface area contributed by atoms with Crippen molar-refractivity contribution in [2.75, 3.05) is 26.3 Å². The molecule has 1 atom stereocenters. The van der Waals surface area contributed by atoms with Crippen LogP contribution in [0.2, 0.25) is 0 Å². The second-order valence-corrected chi connectivity index (χ2v) is 5.02. The van der Waals surface area contributed by atoms with Crippen molar-refractivity contribution in [3.63, 3.8) is 0 Å². The van der Waals surface area contributed by atoms with Gasteiger partial charge in [-0.15, -0.1) is 0 Å². The highest BCUT2D eigenvalue weighted by atomic mass is 16.5. The van der Waals surface area contributed by atoms with Gasteiger partial charge in [0, 0.05) is 31.2 Å². The van der Waals surface area contributed by atoms with E-state index in [4.69, 9.17) is 4.74 Å². The highest BCUT2D eigenvalue weighted by Gasteiger charge is 2.20. The zero-order chi connectivity index (χ0) is 12.6. The lowest BCUT2D eigenvalue weighted by molar-refractivity contribution is -0.128. The first-order valence-corrected chi connectivity index (χ1v) is 5.97. The minimum atomic E-state index is -0.309. The summed E-state index contributed by atoms with van der Waals surface area (Å²) in [6, 6.07) is 0.325. The Kier molecular flexibility index (Phi) is 7.34. The van der Waals surface area contributed by atoms with E-state index < -0.39 is 0 Å². The van der Waals surface area contributed by atoms with Gasteiger partial charge in [0.25, 0.3) is 0 Å². The molecule has 1 amide bonds. The number of carbonyl (C=O) groups excluding carboxylic acids is 1. The first-order chi connectivity index (χ1) is 7.38. The Morgan fingerprint density at radius 1 is 1.31 bits per heavy atom. The van der Waals surface area contributed by atoms with Crippen molar-refractivity contribution < 1.29 is 9.53 Å². The van der Waals surface area contributed by atoms with E-state index in [9.17, 15) is 4.79 Å². The van der Waals surface area contributed by atoms with Gasteiger partial charge < -0.3 is 15.4 Å². The molecule has 0 aromatic rings. The summed E-state index contributed by atoms with van der Waals surface area (Å²) in [5.41, 5.74) is -0.309. The fraction of sp³-hybridized carbons (Fsp3) is 0.917. The van der Waals surface area contributed by atoms with Crippen LogP contribution in [0.4, 0.5) is 0 Å². The van der Waals surface area contributed by atoms with Crippen LogP contribution in [-0.2, 0) is 9.53 Å². The number of hydrogen-bond donors (Lipinski definition) is 2. The second-order valence-electron chi connectivity index (χ2n) is 5.02. The molecule has 96 valence electrons. The van der Waals surface area contributed by atoms with Crippen LogP contribution in [0.25, 0.3) is 0 Å². The molecule has 16 heavy (non-hydrogen) atoms. The molecule has 0 aromatic carbocycles. The van der Waals surface area contributed by atoms with Gasteiger partial charge in [0.15, 0.2) is 0 Å². The largest absolute Gasteiger partial charge is 0.380 e. The van der Waals surface area contributed by atoms with Crippen molar-refractivity contribution in [2.24, 2.45) is 5.41 Å². The second kappa shape index (κ2) is 7.63. The normalized spacial score (nSPS) is 13.6. The molecule has 4 nitrogen and oxygen atoms in total. The standard InChI is InChI=1S/C12H26N2O2/c1-6-16-9-10(2)13-7-8-14-11(15)12(3,4)5/h10,13H,6-9H2,1-5H3,(H,14,15). The van der Waals surface area contributed by atoms with E-state index in [0.29, 0.717) is 19.2 Å². The number of rotatable bonds is 7. The van der Waals surface area contributed by atoms with Crippen molar-refractivity contribution >= 4 is 5.91 Å². The third-order valence-corrected chi connectivity index (χ3v) is 2.16. The van der Waals surface area contributed by atoms with E-state index in [-0.39, 0.29) is 11.3 Å². The Labute approximate surface area is 99.1 Å². The van der Waals surface area contributed by atoms with Crippen molar-refractivity contribution in [1.29, 1.82) is 0 Å². The summed E-state index contributed by atoms with van der Waals surface area (Å²) in [5.74, 6) is 0.0896. The van der Waals surface area contributed by atoms with Crippen LogP contribution in [0, 0.1) is 5.41 Å². The summed E-state index contributed by atoms with van der Waals surface area (Å²) in [6.45, 7) is 12.7. The monoisotopic (exact) mass is 230 g/mol. The van der Waals surface area contributed by atoms with Crippen LogP contribution in [-0.4, -0.2) is 38.3 Å². The number of amides is 1. The van der Waals surface area contributed by atoms with E-state index in [1.54, 1.807) is 0 Å². The van der Waals surface area contributed by atoms with Gasteiger partial charge in [-0.25, -0.2) is 0 Å². The molecule has 0 saturated carbocycles. The predicted octanol–water partition coefficient (Wildman–Crippen LogP) is 1.16. The topological polar surface area (TPSA) is 50.4 Å². The Balaban J connectivity index is 3.50. The zero-order valence-corrected chi connectivity index (χ0v) is 11.2. The van der Waals surface area contributed by atoms with Crippen LogP contribution in [0.15, 0.2) is 0 Å². The van der Waals surface area contributed by atoms with Gasteiger partial charge in [-0.3, -0.25) is 4.79 Å². The van der Waals surface area contributed by atoms with Gasteiger partial charge in [0.2, 0.25) is 5.91 Å². The Morgan fingerprint density at radius 3 is 2.44 bits per heavy atom. The third-order valence-electron chi connectivity index (χ3n) is 2.16. The van der Waals surface area contributed by atoms with Gasteiger partial charge in [-0.1, -0.05) is 20.8 Å². The average Bonchev–Trinajstić information content (AvgIpc) is 2.19. The maximum atomic E-state index is 11.5. The molecule has 0 fully saturated rings. The summed E-state index contributed by atoms with van der Waals surface area (Å²) in [7, 11) is 0. The smallest absolute Gasteiger partial charge is 0.225 e. The number of nitrogens with one attached hydrogen (secondary N) is 2. The first kappa shape index (κ1) is 15.4. The number of hydrogen-bond acceptors (Lipinski definition) is 3. The number of carbonyl (C=O) groups is 1. The minimum Gasteiger partial charge on any atom is -0.380 e. The maximum absolute atomic E-state index is 11.5. The lowest BCUT2D eigenvalue weighted by Crippen LogP contribution is -2.41.